The van der Waals surface area contributed by atoms with Crippen LogP contribution < -0.4 is 10.6 Å². The zero-order valence-corrected chi connectivity index (χ0v) is 25.6. The lowest BCUT2D eigenvalue weighted by Gasteiger charge is -2.60. The second-order valence-corrected chi connectivity index (χ2v) is 14.4. The van der Waals surface area contributed by atoms with E-state index in [1.165, 1.54) is 6.42 Å². The highest BCUT2D eigenvalue weighted by atomic mass is 16.7. The molecule has 3 amide bonds. The summed E-state index contributed by atoms with van der Waals surface area (Å²) in [5.41, 5.74) is -0.420. The molecule has 3 saturated carbocycles. The van der Waals surface area contributed by atoms with Crippen molar-refractivity contribution in [2.24, 2.45) is 17.3 Å². The number of nitrogens with one attached hydrogen (secondary N) is 2. The van der Waals surface area contributed by atoms with Gasteiger partial charge in [-0.3, -0.25) is 9.59 Å². The predicted molar refractivity (Wildman–Crippen MR) is 154 cm³/mol. The molecular formula is C30H50BN3O7. The first-order valence-electron chi connectivity index (χ1n) is 15.9. The number of hydrogen-bond donors (Lipinski definition) is 2. The summed E-state index contributed by atoms with van der Waals surface area (Å²) in [5.74, 6) is 0.401. The quantitative estimate of drug-likeness (QED) is 0.484. The fraction of sp³-hybridized carbons (Fsp3) is 0.900. The highest BCUT2D eigenvalue weighted by Gasteiger charge is 2.62. The highest BCUT2D eigenvalue weighted by molar-refractivity contribution is 6.47. The molecule has 230 valence electrons. The Bertz CT molecular complexity index is 972. The van der Waals surface area contributed by atoms with Crippen LogP contribution in [-0.4, -0.2) is 85.5 Å². The normalized spacial score (nSPS) is 36.6. The van der Waals surface area contributed by atoms with Crippen molar-refractivity contribution in [2.45, 2.75) is 135 Å². The third-order valence-electron chi connectivity index (χ3n) is 10.00. The Labute approximate surface area is 245 Å². The van der Waals surface area contributed by atoms with Gasteiger partial charge in [0.1, 0.15) is 17.7 Å². The van der Waals surface area contributed by atoms with E-state index in [0.29, 0.717) is 37.8 Å². The standard InChI is InChI=1S/C30H50BN3O7/c1-29(2,3)39-28(37)32-21-18-38-15-10-8-6-7-9-13-24(33-26(35)22-12-11-14-34(22)27(21)36)31-40-23-17-19-16-20(25(23)41-31)30(19,4)5/h19-25H,6-18H2,1-5H3,(H,32,37)(H,33,35)/t19?,20?,21-,22-,23?,24+,25?/m0/s1. The average Bonchev–Trinajstić information content (AvgIpc) is 3.56. The van der Waals surface area contributed by atoms with Crippen LogP contribution in [0.25, 0.3) is 0 Å². The summed E-state index contributed by atoms with van der Waals surface area (Å²) in [5, 5.41) is 5.95. The van der Waals surface area contributed by atoms with Crippen molar-refractivity contribution in [1.82, 2.24) is 15.5 Å². The number of nitrogens with zero attached hydrogens (tertiary/aromatic N) is 1. The van der Waals surface area contributed by atoms with Crippen LogP contribution in [0.4, 0.5) is 4.79 Å². The number of carbonyl (C=O) groups excluding carboxylic acids is 3. The molecular weight excluding hydrogens is 525 g/mol. The van der Waals surface area contributed by atoms with E-state index < -0.39 is 30.9 Å². The molecule has 2 bridgehead atoms. The molecule has 7 atom stereocenters. The van der Waals surface area contributed by atoms with Crippen molar-refractivity contribution in [3.63, 3.8) is 0 Å². The molecule has 0 aromatic heterocycles. The van der Waals surface area contributed by atoms with Gasteiger partial charge in [0.05, 0.1) is 24.8 Å². The molecule has 11 heteroatoms. The van der Waals surface area contributed by atoms with Crippen LogP contribution in [0.5, 0.6) is 0 Å². The average molecular weight is 576 g/mol. The van der Waals surface area contributed by atoms with Gasteiger partial charge in [-0.1, -0.05) is 39.5 Å². The molecule has 3 aliphatic carbocycles. The fourth-order valence-electron chi connectivity index (χ4n) is 7.53. The van der Waals surface area contributed by atoms with Crippen LogP contribution in [0.1, 0.15) is 98.8 Å². The maximum atomic E-state index is 13.7. The number of fused-ring (bicyclic) bond motifs is 1. The van der Waals surface area contributed by atoms with E-state index in [1.54, 1.807) is 25.7 Å². The first-order valence-corrected chi connectivity index (χ1v) is 15.9. The molecule has 3 aliphatic heterocycles. The Kier molecular flexibility index (Phi) is 9.26. The summed E-state index contributed by atoms with van der Waals surface area (Å²) in [6.45, 7) is 11.0. The third-order valence-corrected chi connectivity index (χ3v) is 10.00. The van der Waals surface area contributed by atoms with Gasteiger partial charge >= 0.3 is 13.2 Å². The Hall–Kier alpha value is -1.85. The summed E-state index contributed by atoms with van der Waals surface area (Å²) < 4.78 is 24.3. The van der Waals surface area contributed by atoms with Crippen molar-refractivity contribution in [3.8, 4) is 0 Å². The molecule has 0 aromatic carbocycles. The molecule has 41 heavy (non-hydrogen) atoms. The van der Waals surface area contributed by atoms with E-state index >= 15 is 0 Å². The topological polar surface area (TPSA) is 115 Å². The van der Waals surface area contributed by atoms with E-state index in [-0.39, 0.29) is 42.0 Å². The van der Waals surface area contributed by atoms with Crippen LogP contribution in [0, 0.1) is 17.3 Å². The summed E-state index contributed by atoms with van der Waals surface area (Å²) in [7, 11) is -0.469. The van der Waals surface area contributed by atoms with Gasteiger partial charge in [-0.05, 0) is 76.5 Å². The molecule has 0 radical (unpaired) electrons. The van der Waals surface area contributed by atoms with Gasteiger partial charge in [0, 0.05) is 13.2 Å². The summed E-state index contributed by atoms with van der Waals surface area (Å²) in [4.78, 5) is 41.6. The van der Waals surface area contributed by atoms with Crippen LogP contribution >= 0.6 is 0 Å². The minimum absolute atomic E-state index is 0.0383. The first kappa shape index (κ1) is 30.6. The van der Waals surface area contributed by atoms with Crippen molar-refractivity contribution in [2.75, 3.05) is 19.8 Å². The van der Waals surface area contributed by atoms with E-state index in [2.05, 4.69) is 24.5 Å². The third kappa shape index (κ3) is 6.88. The maximum absolute atomic E-state index is 13.7. The zero-order chi connectivity index (χ0) is 29.4. The lowest BCUT2D eigenvalue weighted by molar-refractivity contribution is -0.150. The predicted octanol–water partition coefficient (Wildman–Crippen LogP) is 3.60. The minimum atomic E-state index is -0.929. The second kappa shape index (κ2) is 12.4. The number of amides is 3. The van der Waals surface area contributed by atoms with Crippen molar-refractivity contribution >= 4 is 25.0 Å². The van der Waals surface area contributed by atoms with Gasteiger partial charge in [0.15, 0.2) is 0 Å². The monoisotopic (exact) mass is 575 g/mol. The van der Waals surface area contributed by atoms with Gasteiger partial charge in [0.25, 0.3) is 0 Å². The highest BCUT2D eigenvalue weighted by Crippen LogP contribution is 2.61. The number of alkyl carbamates (subject to hydrolysis) is 1. The van der Waals surface area contributed by atoms with Crippen LogP contribution in [0.3, 0.4) is 0 Å². The van der Waals surface area contributed by atoms with Crippen molar-refractivity contribution in [3.05, 3.63) is 0 Å². The molecule has 6 aliphatic rings. The Balaban J connectivity index is 1.29. The molecule has 3 heterocycles. The second-order valence-electron chi connectivity index (χ2n) is 14.4. The SMILES string of the molecule is CC(C)(C)OC(=O)N[C@H]1COCCCCCCC[C@H](B2OC3CC4CC(C3O2)C4(C)C)NC(=O)[C@@H]2CCCN2C1=O. The summed E-state index contributed by atoms with van der Waals surface area (Å²) in [6.07, 6.45) is 8.77. The van der Waals surface area contributed by atoms with Gasteiger partial charge in [-0.2, -0.15) is 0 Å². The van der Waals surface area contributed by atoms with E-state index in [4.69, 9.17) is 18.8 Å². The van der Waals surface area contributed by atoms with E-state index in [0.717, 1.165) is 44.9 Å². The zero-order valence-electron chi connectivity index (χ0n) is 25.6. The van der Waals surface area contributed by atoms with E-state index in [9.17, 15) is 14.4 Å². The number of hydrogen-bond acceptors (Lipinski definition) is 7. The Morgan fingerprint density at radius 2 is 1.80 bits per heavy atom. The van der Waals surface area contributed by atoms with Gasteiger partial charge in [0.2, 0.25) is 11.8 Å². The largest absolute Gasteiger partial charge is 0.481 e. The molecule has 6 rings (SSSR count). The summed E-state index contributed by atoms with van der Waals surface area (Å²) >= 11 is 0. The maximum Gasteiger partial charge on any atom is 0.481 e. The number of rotatable bonds is 2. The molecule has 3 saturated heterocycles. The number of carbonyl (C=O) groups is 3. The molecule has 10 nitrogen and oxygen atoms in total. The van der Waals surface area contributed by atoms with Crippen LogP contribution in [-0.2, 0) is 28.4 Å². The van der Waals surface area contributed by atoms with E-state index in [1.807, 2.05) is 0 Å². The van der Waals surface area contributed by atoms with Gasteiger partial charge < -0.3 is 34.3 Å². The Morgan fingerprint density at radius 1 is 1.05 bits per heavy atom. The minimum Gasteiger partial charge on any atom is -0.444 e. The van der Waals surface area contributed by atoms with Crippen molar-refractivity contribution < 1.29 is 33.2 Å². The molecule has 0 spiro atoms. The first-order chi connectivity index (χ1) is 19.4. The Morgan fingerprint density at radius 3 is 2.56 bits per heavy atom. The van der Waals surface area contributed by atoms with Crippen LogP contribution in [0.15, 0.2) is 0 Å². The van der Waals surface area contributed by atoms with Gasteiger partial charge in [-0.25, -0.2) is 4.79 Å². The molecule has 2 N–H and O–H groups in total. The lowest BCUT2D eigenvalue weighted by Crippen LogP contribution is -2.59. The smallest absolute Gasteiger partial charge is 0.444 e. The molecule has 0 aromatic rings. The van der Waals surface area contributed by atoms with Crippen molar-refractivity contribution in [1.29, 1.82) is 0 Å². The number of ether oxygens (including phenoxy) is 2. The molecule has 6 fully saturated rings. The van der Waals surface area contributed by atoms with Crippen LogP contribution in [0.2, 0.25) is 0 Å². The fourth-order valence-corrected chi connectivity index (χ4v) is 7.53. The lowest BCUT2D eigenvalue weighted by atomic mass is 9.47. The molecule has 4 unspecified atom stereocenters. The van der Waals surface area contributed by atoms with Gasteiger partial charge in [-0.15, -0.1) is 0 Å². The summed E-state index contributed by atoms with van der Waals surface area (Å²) in [6, 6.07) is -1.54.